The van der Waals surface area contributed by atoms with E-state index < -0.39 is 5.25 Å². The van der Waals surface area contributed by atoms with Gasteiger partial charge >= 0.3 is 0 Å². The third-order valence-electron chi connectivity index (χ3n) is 4.39. The molecule has 0 aliphatic rings. The second-order valence-corrected chi connectivity index (χ2v) is 7.53. The molecule has 1 N–H and O–H groups in total. The molecule has 3 aromatic carbocycles. The Bertz CT molecular complexity index is 1100. The fraction of sp³-hybridized carbons (Fsp3) is 0.0909. The normalized spacial score (nSPS) is 11.8. The smallest absolute Gasteiger partial charge is 0.238 e. The van der Waals surface area contributed by atoms with Crippen LogP contribution in [0.25, 0.3) is 5.69 Å². The fourth-order valence-electron chi connectivity index (χ4n) is 2.87. The number of nitrogens with one attached hydrogen (secondary N) is 1. The van der Waals surface area contributed by atoms with E-state index in [-0.39, 0.29) is 11.7 Å². The molecule has 0 radical (unpaired) electrons. The van der Waals surface area contributed by atoms with E-state index in [2.05, 4.69) is 20.8 Å². The topological polar surface area (TPSA) is 72.7 Å². The first-order valence-electron chi connectivity index (χ1n) is 9.28. The summed E-state index contributed by atoms with van der Waals surface area (Å²) < 4.78 is 14.7. The van der Waals surface area contributed by atoms with Crippen molar-refractivity contribution < 1.29 is 9.18 Å². The number of carbonyl (C=O) groups is 1. The summed E-state index contributed by atoms with van der Waals surface area (Å²) in [4.78, 5) is 13.1. The van der Waals surface area contributed by atoms with Crippen molar-refractivity contribution >= 4 is 17.7 Å². The van der Waals surface area contributed by atoms with E-state index in [0.717, 1.165) is 16.8 Å². The molecule has 0 fully saturated rings. The van der Waals surface area contributed by atoms with Gasteiger partial charge in [-0.05, 0) is 45.8 Å². The molecule has 0 unspecified atom stereocenters. The van der Waals surface area contributed by atoms with Crippen LogP contribution in [0.3, 0.4) is 0 Å². The molecule has 6 nitrogen and oxygen atoms in total. The van der Waals surface area contributed by atoms with Crippen molar-refractivity contribution in [1.29, 1.82) is 0 Å². The molecule has 0 saturated carbocycles. The number of hydrogen-bond acceptors (Lipinski definition) is 5. The molecule has 0 saturated heterocycles. The monoisotopic (exact) mass is 419 g/mol. The van der Waals surface area contributed by atoms with Gasteiger partial charge in [0.15, 0.2) is 0 Å². The van der Waals surface area contributed by atoms with E-state index in [1.54, 1.807) is 16.8 Å². The van der Waals surface area contributed by atoms with Crippen molar-refractivity contribution in [2.45, 2.75) is 17.0 Å². The Morgan fingerprint density at radius 1 is 0.967 bits per heavy atom. The number of nitrogens with zero attached hydrogens (tertiary/aromatic N) is 4. The number of amides is 1. The minimum absolute atomic E-state index is 0.182. The van der Waals surface area contributed by atoms with Crippen molar-refractivity contribution in [2.24, 2.45) is 0 Å². The highest BCUT2D eigenvalue weighted by Gasteiger charge is 2.25. The molecule has 30 heavy (non-hydrogen) atoms. The van der Waals surface area contributed by atoms with Gasteiger partial charge in [0.25, 0.3) is 0 Å². The molecule has 1 amide bonds. The highest BCUT2D eigenvalue weighted by atomic mass is 32.2. The highest BCUT2D eigenvalue weighted by molar-refractivity contribution is 8.00. The first-order valence-corrected chi connectivity index (χ1v) is 10.2. The summed E-state index contributed by atoms with van der Waals surface area (Å²) >= 11 is 1.27. The molecule has 150 valence electrons. The molecule has 0 aliphatic carbocycles. The van der Waals surface area contributed by atoms with Gasteiger partial charge in [-0.15, -0.1) is 5.10 Å². The Balaban J connectivity index is 1.56. The zero-order valence-corrected chi connectivity index (χ0v) is 16.7. The SMILES string of the molecule is O=C(NCc1ccc(F)cc1)[C@@H](Sc1nnnn1-c1ccccc1)c1ccccc1. The second kappa shape index (κ2) is 9.32. The van der Waals surface area contributed by atoms with Crippen LogP contribution in [0.2, 0.25) is 0 Å². The maximum absolute atomic E-state index is 13.1. The third kappa shape index (κ3) is 4.72. The van der Waals surface area contributed by atoms with E-state index in [0.29, 0.717) is 11.7 Å². The average Bonchev–Trinajstić information content (AvgIpc) is 3.26. The molecule has 0 aliphatic heterocycles. The van der Waals surface area contributed by atoms with Crippen LogP contribution in [0.5, 0.6) is 0 Å². The first kappa shape index (κ1) is 19.8. The van der Waals surface area contributed by atoms with Crippen LogP contribution in [0.1, 0.15) is 16.4 Å². The number of tetrazole rings is 1. The molecule has 4 rings (SSSR count). The van der Waals surface area contributed by atoms with Gasteiger partial charge in [-0.25, -0.2) is 4.39 Å². The lowest BCUT2D eigenvalue weighted by Gasteiger charge is -2.16. The predicted octanol–water partition coefficient (Wildman–Crippen LogP) is 3.95. The Labute approximate surface area is 177 Å². The van der Waals surface area contributed by atoms with Crippen LogP contribution in [0, 0.1) is 5.82 Å². The summed E-state index contributed by atoms with van der Waals surface area (Å²) in [5, 5.41) is 14.8. The number of hydrogen-bond donors (Lipinski definition) is 1. The molecule has 0 spiro atoms. The van der Waals surface area contributed by atoms with Crippen molar-refractivity contribution in [3.05, 3.63) is 102 Å². The van der Waals surface area contributed by atoms with E-state index in [1.165, 1.54) is 23.9 Å². The fourth-order valence-corrected chi connectivity index (χ4v) is 3.89. The molecule has 1 aromatic heterocycles. The number of halogens is 1. The van der Waals surface area contributed by atoms with Gasteiger partial charge in [-0.3, -0.25) is 4.79 Å². The van der Waals surface area contributed by atoms with E-state index >= 15 is 0 Å². The number of rotatable bonds is 7. The number of benzene rings is 3. The highest BCUT2D eigenvalue weighted by Crippen LogP contribution is 2.34. The summed E-state index contributed by atoms with van der Waals surface area (Å²) in [6.45, 7) is 0.298. The van der Waals surface area contributed by atoms with Crippen molar-refractivity contribution in [2.75, 3.05) is 0 Å². The standard InChI is InChI=1S/C22H18FN5OS/c23-18-13-11-16(12-14-18)15-24-21(29)20(17-7-3-1-4-8-17)30-22-25-26-27-28(22)19-9-5-2-6-10-19/h1-14,20H,15H2,(H,24,29)/t20-/m0/s1. The second-order valence-electron chi connectivity index (χ2n) is 6.46. The largest absolute Gasteiger partial charge is 0.351 e. The summed E-state index contributed by atoms with van der Waals surface area (Å²) in [6, 6.07) is 25.0. The Morgan fingerprint density at radius 2 is 1.63 bits per heavy atom. The molecule has 4 aromatic rings. The van der Waals surface area contributed by atoms with E-state index in [9.17, 15) is 9.18 Å². The van der Waals surface area contributed by atoms with Gasteiger partial charge < -0.3 is 5.32 Å². The van der Waals surface area contributed by atoms with E-state index in [1.807, 2.05) is 60.7 Å². The van der Waals surface area contributed by atoms with Gasteiger partial charge in [0, 0.05) is 6.54 Å². The van der Waals surface area contributed by atoms with E-state index in [4.69, 9.17) is 0 Å². The maximum Gasteiger partial charge on any atom is 0.238 e. The number of carbonyl (C=O) groups excluding carboxylic acids is 1. The Kier molecular flexibility index (Phi) is 6.14. The van der Waals surface area contributed by atoms with Crippen LogP contribution in [-0.2, 0) is 11.3 Å². The Hall–Kier alpha value is -3.52. The van der Waals surface area contributed by atoms with Gasteiger partial charge in [0.1, 0.15) is 11.1 Å². The lowest BCUT2D eigenvalue weighted by Crippen LogP contribution is -2.27. The summed E-state index contributed by atoms with van der Waals surface area (Å²) in [6.07, 6.45) is 0. The lowest BCUT2D eigenvalue weighted by atomic mass is 10.1. The molecule has 1 atom stereocenters. The van der Waals surface area contributed by atoms with Crippen LogP contribution in [0.4, 0.5) is 4.39 Å². The third-order valence-corrected chi connectivity index (χ3v) is 5.57. The van der Waals surface area contributed by atoms with Crippen LogP contribution in [-0.4, -0.2) is 26.1 Å². The number of aromatic nitrogens is 4. The summed E-state index contributed by atoms with van der Waals surface area (Å²) in [5.41, 5.74) is 2.46. The lowest BCUT2D eigenvalue weighted by molar-refractivity contribution is -0.120. The van der Waals surface area contributed by atoms with Gasteiger partial charge in [0.05, 0.1) is 5.69 Å². The zero-order chi connectivity index (χ0) is 20.8. The van der Waals surface area contributed by atoms with Gasteiger partial charge in [-0.2, -0.15) is 4.68 Å². The van der Waals surface area contributed by atoms with Gasteiger partial charge in [-0.1, -0.05) is 72.4 Å². The van der Waals surface area contributed by atoms with Crippen LogP contribution >= 0.6 is 11.8 Å². The minimum Gasteiger partial charge on any atom is -0.351 e. The maximum atomic E-state index is 13.1. The molecule has 1 heterocycles. The van der Waals surface area contributed by atoms with Gasteiger partial charge in [0.2, 0.25) is 11.1 Å². The quantitative estimate of drug-likeness (QED) is 0.459. The van der Waals surface area contributed by atoms with Crippen molar-refractivity contribution in [3.63, 3.8) is 0 Å². The molecule has 0 bridgehead atoms. The average molecular weight is 419 g/mol. The Morgan fingerprint density at radius 3 is 2.33 bits per heavy atom. The predicted molar refractivity (Wildman–Crippen MR) is 112 cm³/mol. The molecular formula is C22H18FN5OS. The van der Waals surface area contributed by atoms with Crippen LogP contribution in [0.15, 0.2) is 90.1 Å². The molecule has 8 heteroatoms. The number of para-hydroxylation sites is 1. The van der Waals surface area contributed by atoms with Crippen molar-refractivity contribution in [1.82, 2.24) is 25.5 Å². The summed E-state index contributed by atoms with van der Waals surface area (Å²) in [7, 11) is 0. The number of thioether (sulfide) groups is 1. The summed E-state index contributed by atoms with van der Waals surface area (Å²) in [5.74, 6) is -0.492. The first-order chi connectivity index (χ1) is 14.7. The van der Waals surface area contributed by atoms with Crippen LogP contribution < -0.4 is 5.32 Å². The molecular weight excluding hydrogens is 401 g/mol. The minimum atomic E-state index is -0.555. The van der Waals surface area contributed by atoms with Crippen molar-refractivity contribution in [3.8, 4) is 5.69 Å². The zero-order valence-electron chi connectivity index (χ0n) is 15.9.